The Labute approximate surface area is 193 Å². The predicted molar refractivity (Wildman–Crippen MR) is 126 cm³/mol. The Morgan fingerprint density at radius 1 is 1.19 bits per heavy atom. The fraction of sp³-hybridized carbons (Fsp3) is 0.227. The fourth-order valence-electron chi connectivity index (χ4n) is 3.18. The summed E-state index contributed by atoms with van der Waals surface area (Å²) in [4.78, 5) is 35.1. The molecule has 0 aliphatic carbocycles. The van der Waals surface area contributed by atoms with Crippen LogP contribution in [0.3, 0.4) is 0 Å². The first-order valence-electron chi connectivity index (χ1n) is 10.0. The quantitative estimate of drug-likeness (QED) is 0.419. The molecule has 4 rings (SSSR count). The minimum atomic E-state index is -0.255. The van der Waals surface area contributed by atoms with E-state index in [9.17, 15) is 9.59 Å². The van der Waals surface area contributed by atoms with Crippen molar-refractivity contribution in [3.8, 4) is 16.4 Å². The summed E-state index contributed by atoms with van der Waals surface area (Å²) < 4.78 is 1.70. The highest BCUT2D eigenvalue weighted by Gasteiger charge is 2.22. The third-order valence-corrected chi connectivity index (χ3v) is 6.48. The van der Waals surface area contributed by atoms with E-state index in [1.807, 2.05) is 49.6 Å². The van der Waals surface area contributed by atoms with Crippen molar-refractivity contribution >= 4 is 39.6 Å². The molecule has 0 saturated carbocycles. The van der Waals surface area contributed by atoms with Crippen molar-refractivity contribution in [2.75, 3.05) is 5.32 Å². The Morgan fingerprint density at radius 3 is 2.75 bits per heavy atom. The van der Waals surface area contributed by atoms with E-state index in [1.165, 1.54) is 18.3 Å². The van der Waals surface area contributed by atoms with Gasteiger partial charge in [-0.15, -0.1) is 22.7 Å². The fourth-order valence-corrected chi connectivity index (χ4v) is 4.87. The molecule has 0 radical (unpaired) electrons. The van der Waals surface area contributed by atoms with Crippen molar-refractivity contribution in [1.82, 2.24) is 25.1 Å². The smallest absolute Gasteiger partial charge is 0.260 e. The largest absolute Gasteiger partial charge is 0.351 e. The first-order chi connectivity index (χ1) is 15.4. The predicted octanol–water partition coefficient (Wildman–Crippen LogP) is 4.46. The average molecular weight is 467 g/mol. The SMILES string of the molecule is CC(=O)NCc1ccc(-c2csc(NC(=O)c3cnn(-c4ccccn4)c3C(C)C)n2)s1. The van der Waals surface area contributed by atoms with Crippen LogP contribution < -0.4 is 10.6 Å². The summed E-state index contributed by atoms with van der Waals surface area (Å²) in [7, 11) is 0. The number of thiazole rings is 1. The van der Waals surface area contributed by atoms with Gasteiger partial charge < -0.3 is 5.32 Å². The second-order valence-corrected chi connectivity index (χ2v) is 9.39. The van der Waals surface area contributed by atoms with Crippen LogP contribution >= 0.6 is 22.7 Å². The highest BCUT2D eigenvalue weighted by atomic mass is 32.1. The van der Waals surface area contributed by atoms with E-state index >= 15 is 0 Å². The van der Waals surface area contributed by atoms with Gasteiger partial charge in [-0.2, -0.15) is 5.10 Å². The number of carbonyl (C=O) groups is 2. The lowest BCUT2D eigenvalue weighted by molar-refractivity contribution is -0.119. The van der Waals surface area contributed by atoms with Crippen LogP contribution in [-0.2, 0) is 11.3 Å². The zero-order valence-corrected chi connectivity index (χ0v) is 19.5. The molecule has 0 spiro atoms. The maximum Gasteiger partial charge on any atom is 0.260 e. The van der Waals surface area contributed by atoms with E-state index in [0.29, 0.717) is 23.1 Å². The van der Waals surface area contributed by atoms with Crippen molar-refractivity contribution in [1.29, 1.82) is 0 Å². The van der Waals surface area contributed by atoms with E-state index in [-0.39, 0.29) is 17.7 Å². The number of anilines is 1. The van der Waals surface area contributed by atoms with Gasteiger partial charge in [-0.3, -0.25) is 14.9 Å². The summed E-state index contributed by atoms with van der Waals surface area (Å²) in [5.74, 6) is 0.417. The van der Waals surface area contributed by atoms with Gasteiger partial charge in [0, 0.05) is 23.4 Å². The maximum absolute atomic E-state index is 13.0. The Bertz CT molecular complexity index is 1240. The number of nitrogens with one attached hydrogen (secondary N) is 2. The van der Waals surface area contributed by atoms with Crippen LogP contribution in [0.25, 0.3) is 16.4 Å². The van der Waals surface area contributed by atoms with E-state index < -0.39 is 0 Å². The van der Waals surface area contributed by atoms with Crippen LogP contribution in [-0.4, -0.2) is 31.6 Å². The Kier molecular flexibility index (Phi) is 6.42. The monoisotopic (exact) mass is 466 g/mol. The van der Waals surface area contributed by atoms with Crippen molar-refractivity contribution in [3.05, 3.63) is 64.2 Å². The zero-order chi connectivity index (χ0) is 22.7. The van der Waals surface area contributed by atoms with Gasteiger partial charge in [-0.25, -0.2) is 14.6 Å². The van der Waals surface area contributed by atoms with Crippen LogP contribution in [0.1, 0.15) is 47.6 Å². The van der Waals surface area contributed by atoms with Crippen molar-refractivity contribution in [2.45, 2.75) is 33.2 Å². The summed E-state index contributed by atoms with van der Waals surface area (Å²) in [5, 5.41) is 12.5. The van der Waals surface area contributed by atoms with Crippen LogP contribution in [0.2, 0.25) is 0 Å². The average Bonchev–Trinajstić information content (AvgIpc) is 3.51. The molecule has 0 fully saturated rings. The highest BCUT2D eigenvalue weighted by molar-refractivity contribution is 7.17. The summed E-state index contributed by atoms with van der Waals surface area (Å²) in [5.41, 5.74) is 2.08. The molecule has 0 unspecified atom stereocenters. The topological polar surface area (TPSA) is 102 Å². The Morgan fingerprint density at radius 2 is 2.03 bits per heavy atom. The molecule has 2 N–H and O–H groups in total. The summed E-state index contributed by atoms with van der Waals surface area (Å²) >= 11 is 2.93. The van der Waals surface area contributed by atoms with Crippen LogP contribution in [0.5, 0.6) is 0 Å². The number of rotatable bonds is 7. The normalized spacial score (nSPS) is 11.0. The van der Waals surface area contributed by atoms with E-state index in [2.05, 4.69) is 25.7 Å². The molecule has 4 aromatic heterocycles. The highest BCUT2D eigenvalue weighted by Crippen LogP contribution is 2.31. The van der Waals surface area contributed by atoms with Crippen molar-refractivity contribution in [2.24, 2.45) is 0 Å². The number of thiophene rings is 1. The first kappa shape index (κ1) is 21.8. The summed E-state index contributed by atoms with van der Waals surface area (Å²) in [6.45, 7) is 6.02. The van der Waals surface area contributed by atoms with Gasteiger partial charge in [0.05, 0.1) is 34.6 Å². The van der Waals surface area contributed by atoms with Crippen molar-refractivity contribution in [3.63, 3.8) is 0 Å². The number of nitrogens with zero attached hydrogens (tertiary/aromatic N) is 4. The molecule has 32 heavy (non-hydrogen) atoms. The molecular weight excluding hydrogens is 444 g/mol. The molecule has 0 saturated heterocycles. The molecule has 4 aromatic rings. The molecule has 164 valence electrons. The Hall–Kier alpha value is -3.37. The lowest BCUT2D eigenvalue weighted by Gasteiger charge is -2.11. The molecule has 0 aliphatic rings. The molecule has 0 bridgehead atoms. The lowest BCUT2D eigenvalue weighted by atomic mass is 10.1. The third-order valence-electron chi connectivity index (χ3n) is 4.61. The molecule has 0 atom stereocenters. The zero-order valence-electron chi connectivity index (χ0n) is 17.8. The molecular formula is C22H22N6O2S2. The minimum absolute atomic E-state index is 0.0641. The van der Waals surface area contributed by atoms with Crippen LogP contribution in [0.4, 0.5) is 5.13 Å². The summed E-state index contributed by atoms with van der Waals surface area (Å²) in [6.07, 6.45) is 3.27. The van der Waals surface area contributed by atoms with Gasteiger partial charge in [0.1, 0.15) is 0 Å². The number of aromatic nitrogens is 4. The summed E-state index contributed by atoms with van der Waals surface area (Å²) in [6, 6.07) is 9.52. The first-order valence-corrected chi connectivity index (χ1v) is 11.7. The van der Waals surface area contributed by atoms with E-state index in [4.69, 9.17) is 0 Å². The Balaban J connectivity index is 1.52. The number of hydrogen-bond donors (Lipinski definition) is 2. The third kappa shape index (κ3) is 4.76. The van der Waals surface area contributed by atoms with E-state index in [0.717, 1.165) is 21.1 Å². The lowest BCUT2D eigenvalue weighted by Crippen LogP contribution is -2.17. The molecule has 0 aliphatic heterocycles. The van der Waals surface area contributed by atoms with Crippen LogP contribution in [0, 0.1) is 0 Å². The number of hydrogen-bond acceptors (Lipinski definition) is 7. The minimum Gasteiger partial charge on any atom is -0.351 e. The van der Waals surface area contributed by atoms with Gasteiger partial charge in [0.2, 0.25) is 5.91 Å². The van der Waals surface area contributed by atoms with Gasteiger partial charge in [0.15, 0.2) is 10.9 Å². The second kappa shape index (κ2) is 9.41. The van der Waals surface area contributed by atoms with Crippen molar-refractivity contribution < 1.29 is 9.59 Å². The molecule has 10 heteroatoms. The van der Waals surface area contributed by atoms with Gasteiger partial charge in [-0.1, -0.05) is 19.9 Å². The maximum atomic E-state index is 13.0. The number of amides is 2. The van der Waals surface area contributed by atoms with Gasteiger partial charge in [-0.05, 0) is 30.2 Å². The number of pyridine rings is 1. The second-order valence-electron chi connectivity index (χ2n) is 7.37. The van der Waals surface area contributed by atoms with Gasteiger partial charge >= 0.3 is 0 Å². The van der Waals surface area contributed by atoms with Crippen LogP contribution in [0.15, 0.2) is 48.1 Å². The standard InChI is InChI=1S/C22H22N6O2S2/c1-13(2)20-16(11-25-28(20)19-6-4-5-9-23-19)21(30)27-22-26-17(12-31-22)18-8-7-15(32-18)10-24-14(3)29/h4-9,11-13H,10H2,1-3H3,(H,24,29)(H,26,27,30). The van der Waals surface area contributed by atoms with E-state index in [1.54, 1.807) is 28.4 Å². The molecule has 4 heterocycles. The molecule has 2 amide bonds. The van der Waals surface area contributed by atoms with Gasteiger partial charge in [0.25, 0.3) is 5.91 Å². The molecule has 0 aromatic carbocycles. The molecule has 8 nitrogen and oxygen atoms in total. The number of carbonyl (C=O) groups excluding carboxylic acids is 2.